The zero-order valence-electron chi connectivity index (χ0n) is 12.0. The average molecular weight is 248 g/mol. The first-order valence-corrected chi connectivity index (χ1v) is 7.81. The van der Waals surface area contributed by atoms with Crippen LogP contribution in [0, 0.1) is 23.7 Å². The largest absolute Gasteiger partial charge is 0.303 e. The van der Waals surface area contributed by atoms with Gasteiger partial charge in [-0.1, -0.05) is 31.4 Å². The molecule has 4 unspecified atom stereocenters. The number of carbonyl (C=O) groups is 1. The van der Waals surface area contributed by atoms with Crippen molar-refractivity contribution in [1.82, 2.24) is 0 Å². The van der Waals surface area contributed by atoms with E-state index in [0.717, 1.165) is 30.5 Å². The molecule has 2 saturated carbocycles. The zero-order valence-corrected chi connectivity index (χ0v) is 12.0. The van der Waals surface area contributed by atoms with Gasteiger partial charge in [0.25, 0.3) is 0 Å². The Balaban J connectivity index is 1.65. The summed E-state index contributed by atoms with van der Waals surface area (Å²) in [6, 6.07) is 0. The van der Waals surface area contributed by atoms with Gasteiger partial charge in [-0.25, -0.2) is 0 Å². The van der Waals surface area contributed by atoms with Crippen LogP contribution in [-0.2, 0) is 4.79 Å². The highest BCUT2D eigenvalue weighted by atomic mass is 16.1. The van der Waals surface area contributed by atoms with E-state index in [-0.39, 0.29) is 5.92 Å². The molecule has 1 nitrogen and oxygen atoms in total. The van der Waals surface area contributed by atoms with Crippen LogP contribution in [0.4, 0.5) is 0 Å². The third-order valence-corrected chi connectivity index (χ3v) is 5.00. The van der Waals surface area contributed by atoms with Crippen molar-refractivity contribution in [2.24, 2.45) is 23.7 Å². The summed E-state index contributed by atoms with van der Waals surface area (Å²) >= 11 is 0. The maximum atomic E-state index is 10.5. The van der Waals surface area contributed by atoms with Crippen molar-refractivity contribution in [3.8, 4) is 0 Å². The lowest BCUT2D eigenvalue weighted by molar-refractivity contribution is -0.110. The molecule has 1 heteroatoms. The quantitative estimate of drug-likeness (QED) is 0.360. The molecule has 102 valence electrons. The highest BCUT2D eigenvalue weighted by Crippen LogP contribution is 2.49. The fourth-order valence-electron chi connectivity index (χ4n) is 3.89. The van der Waals surface area contributed by atoms with Gasteiger partial charge in [0, 0.05) is 5.92 Å². The van der Waals surface area contributed by atoms with Crippen molar-refractivity contribution in [2.75, 3.05) is 0 Å². The van der Waals surface area contributed by atoms with Crippen molar-refractivity contribution in [3.63, 3.8) is 0 Å². The molecule has 2 aliphatic rings. The predicted molar refractivity (Wildman–Crippen MR) is 76.4 cm³/mol. The van der Waals surface area contributed by atoms with Gasteiger partial charge in [-0.3, -0.25) is 0 Å². The van der Waals surface area contributed by atoms with Crippen LogP contribution in [0.5, 0.6) is 0 Å². The minimum atomic E-state index is 0.250. The molecule has 2 fully saturated rings. The first-order valence-electron chi connectivity index (χ1n) is 7.81. The van der Waals surface area contributed by atoms with E-state index in [1.807, 2.05) is 6.92 Å². The summed E-state index contributed by atoms with van der Waals surface area (Å²) in [6.45, 7) is 4.32. The summed E-state index contributed by atoms with van der Waals surface area (Å²) in [5.41, 5.74) is 1.59. The second kappa shape index (κ2) is 6.54. The lowest BCUT2D eigenvalue weighted by Crippen LogP contribution is -2.07. The topological polar surface area (TPSA) is 17.1 Å². The van der Waals surface area contributed by atoms with E-state index >= 15 is 0 Å². The molecule has 2 bridgehead atoms. The number of fused-ring (bicyclic) bond motifs is 2. The summed E-state index contributed by atoms with van der Waals surface area (Å²) < 4.78 is 0. The second-order valence-electron chi connectivity index (χ2n) is 6.71. The molecule has 0 heterocycles. The van der Waals surface area contributed by atoms with Crippen LogP contribution in [0.3, 0.4) is 0 Å². The van der Waals surface area contributed by atoms with Gasteiger partial charge in [-0.15, -0.1) is 0 Å². The number of unbranched alkanes of at least 4 members (excludes halogenated alkanes) is 1. The molecule has 0 N–H and O–H groups in total. The number of hydrogen-bond donors (Lipinski definition) is 0. The summed E-state index contributed by atoms with van der Waals surface area (Å²) in [5, 5.41) is 0. The first kappa shape index (κ1) is 13.8. The Kier molecular flexibility index (Phi) is 5.03. The van der Waals surface area contributed by atoms with Crippen LogP contribution in [0.25, 0.3) is 0 Å². The van der Waals surface area contributed by atoms with Crippen molar-refractivity contribution < 1.29 is 4.79 Å². The van der Waals surface area contributed by atoms with Crippen LogP contribution in [-0.4, -0.2) is 6.29 Å². The minimum Gasteiger partial charge on any atom is -0.303 e. The Hall–Kier alpha value is -0.590. The Bertz CT molecular complexity index is 305. The maximum absolute atomic E-state index is 10.5. The second-order valence-corrected chi connectivity index (χ2v) is 6.71. The Morgan fingerprint density at radius 3 is 2.72 bits per heavy atom. The molecule has 2 rings (SSSR count). The van der Waals surface area contributed by atoms with E-state index in [0.29, 0.717) is 0 Å². The van der Waals surface area contributed by atoms with Gasteiger partial charge in [-0.2, -0.15) is 0 Å². The Labute approximate surface area is 112 Å². The van der Waals surface area contributed by atoms with Crippen LogP contribution in [0.1, 0.15) is 65.2 Å². The molecule has 2 aliphatic carbocycles. The summed E-state index contributed by atoms with van der Waals surface area (Å²) in [7, 11) is 0. The Morgan fingerprint density at radius 1 is 1.28 bits per heavy atom. The fraction of sp³-hybridized carbons (Fsp3) is 0.824. The van der Waals surface area contributed by atoms with Gasteiger partial charge in [-0.05, 0) is 63.2 Å². The predicted octanol–water partition coefficient (Wildman–Crippen LogP) is 4.76. The average Bonchev–Trinajstić information content (AvgIpc) is 2.96. The highest BCUT2D eigenvalue weighted by molar-refractivity contribution is 5.52. The van der Waals surface area contributed by atoms with Crippen LogP contribution in [0.15, 0.2) is 11.6 Å². The summed E-state index contributed by atoms with van der Waals surface area (Å²) in [6.07, 6.45) is 14.3. The van der Waals surface area contributed by atoms with Gasteiger partial charge in [0.1, 0.15) is 6.29 Å². The monoisotopic (exact) mass is 248 g/mol. The maximum Gasteiger partial charge on any atom is 0.122 e. The third kappa shape index (κ3) is 3.70. The standard InChI is InChI=1S/C17H28O/c1-13(5-3-4-6-14(2)12-18)9-17-11-15-7-8-16(17)10-15/h9,12,14-17H,3-8,10-11H2,1-2H3/b13-9+. The minimum absolute atomic E-state index is 0.250. The van der Waals surface area contributed by atoms with E-state index in [2.05, 4.69) is 13.0 Å². The SMILES string of the molecule is C/C(=C\C1CC2CCC1C2)CCCCC(C)C=O. The molecule has 0 aliphatic heterocycles. The number of allylic oxidation sites excluding steroid dienone is 2. The van der Waals surface area contributed by atoms with E-state index in [1.54, 1.807) is 5.57 Å². The molecule has 0 aromatic carbocycles. The molecule has 0 radical (unpaired) electrons. The lowest BCUT2D eigenvalue weighted by atomic mass is 9.87. The van der Waals surface area contributed by atoms with E-state index < -0.39 is 0 Å². The van der Waals surface area contributed by atoms with Gasteiger partial charge in [0.15, 0.2) is 0 Å². The van der Waals surface area contributed by atoms with Gasteiger partial charge in [0.2, 0.25) is 0 Å². The van der Waals surface area contributed by atoms with Gasteiger partial charge in [0.05, 0.1) is 0 Å². The molecule has 0 aromatic rings. The molecule has 18 heavy (non-hydrogen) atoms. The highest BCUT2D eigenvalue weighted by Gasteiger charge is 2.38. The van der Waals surface area contributed by atoms with Crippen molar-refractivity contribution in [2.45, 2.75) is 65.2 Å². The summed E-state index contributed by atoms with van der Waals surface area (Å²) in [4.78, 5) is 10.5. The van der Waals surface area contributed by atoms with Gasteiger partial charge < -0.3 is 4.79 Å². The molecule has 0 spiro atoms. The molecule has 4 atom stereocenters. The third-order valence-electron chi connectivity index (χ3n) is 5.00. The Morgan fingerprint density at radius 2 is 2.11 bits per heavy atom. The number of carbonyl (C=O) groups excluding carboxylic acids is 1. The molecule has 0 aromatic heterocycles. The van der Waals surface area contributed by atoms with E-state index in [1.165, 1.54) is 44.9 Å². The van der Waals surface area contributed by atoms with Crippen LogP contribution < -0.4 is 0 Å². The lowest BCUT2D eigenvalue weighted by Gasteiger charge is -2.19. The van der Waals surface area contributed by atoms with Gasteiger partial charge >= 0.3 is 0 Å². The van der Waals surface area contributed by atoms with Crippen molar-refractivity contribution in [1.29, 1.82) is 0 Å². The molecular weight excluding hydrogens is 220 g/mol. The molecular formula is C17H28O. The fourth-order valence-corrected chi connectivity index (χ4v) is 3.89. The first-order chi connectivity index (χ1) is 8.69. The van der Waals surface area contributed by atoms with Crippen LogP contribution >= 0.6 is 0 Å². The zero-order chi connectivity index (χ0) is 13.0. The number of rotatable bonds is 7. The van der Waals surface area contributed by atoms with Crippen molar-refractivity contribution >= 4 is 6.29 Å². The molecule has 0 amide bonds. The number of aldehydes is 1. The smallest absolute Gasteiger partial charge is 0.122 e. The normalized spacial score (nSPS) is 32.8. The van der Waals surface area contributed by atoms with Crippen LogP contribution in [0.2, 0.25) is 0 Å². The van der Waals surface area contributed by atoms with E-state index in [9.17, 15) is 4.79 Å². The summed E-state index contributed by atoms with van der Waals surface area (Å²) in [5.74, 6) is 3.22. The molecule has 0 saturated heterocycles. The van der Waals surface area contributed by atoms with E-state index in [4.69, 9.17) is 0 Å². The van der Waals surface area contributed by atoms with Crippen molar-refractivity contribution in [3.05, 3.63) is 11.6 Å². The number of hydrogen-bond acceptors (Lipinski definition) is 1.